The smallest absolute Gasteiger partial charge is 0.297 e. The lowest BCUT2D eigenvalue weighted by Gasteiger charge is -2.11. The number of rotatable bonds is 6. The molecule has 3 N–H and O–H groups in total. The number of aromatic amines is 1. The number of benzene rings is 1. The minimum absolute atomic E-state index is 0.0309. The molecule has 1 aromatic heterocycles. The molecule has 0 unspecified atom stereocenters. The molecular weight excluding hydrogens is 288 g/mol. The number of carbonyl (C=O) groups excluding carboxylic acids is 1. The van der Waals surface area contributed by atoms with Crippen LogP contribution in [0.15, 0.2) is 17.3 Å². The lowest BCUT2D eigenvalue weighted by molar-refractivity contribution is 0.101. The minimum Gasteiger partial charge on any atom is -0.505 e. The number of tetrazole rings is 1. The highest BCUT2D eigenvalue weighted by Gasteiger charge is 2.15. The standard InChI is InChI=1S/C13H16N6O3/c1-3-8-6-9(4-5-14-22-2)11(20)10(7-8)15-13(21)12-16-18-19-17-12/h5-7,20H,3-4H2,1-2H3,(H,15,21)(H,16,17,18,19). The maximum absolute atomic E-state index is 11.9. The summed E-state index contributed by atoms with van der Waals surface area (Å²) >= 11 is 0. The normalized spacial score (nSPS) is 10.8. The molecule has 0 saturated heterocycles. The zero-order valence-corrected chi connectivity index (χ0v) is 12.2. The third kappa shape index (κ3) is 3.57. The first-order chi connectivity index (χ1) is 10.7. The molecule has 9 nitrogen and oxygen atoms in total. The number of hydrogen-bond donors (Lipinski definition) is 3. The van der Waals surface area contributed by atoms with Gasteiger partial charge in [0.15, 0.2) is 0 Å². The van der Waals surface area contributed by atoms with Gasteiger partial charge in [-0.15, -0.1) is 10.2 Å². The van der Waals surface area contributed by atoms with Crippen molar-refractivity contribution in [1.82, 2.24) is 20.6 Å². The number of anilines is 1. The van der Waals surface area contributed by atoms with E-state index in [1.54, 1.807) is 6.07 Å². The van der Waals surface area contributed by atoms with Crippen molar-refractivity contribution >= 4 is 17.8 Å². The lowest BCUT2D eigenvalue weighted by Crippen LogP contribution is -2.14. The Morgan fingerprint density at radius 3 is 3.00 bits per heavy atom. The van der Waals surface area contributed by atoms with Crippen molar-refractivity contribution in [2.75, 3.05) is 12.4 Å². The van der Waals surface area contributed by atoms with Crippen molar-refractivity contribution in [2.45, 2.75) is 19.8 Å². The largest absolute Gasteiger partial charge is 0.505 e. The van der Waals surface area contributed by atoms with Crippen molar-refractivity contribution in [3.05, 3.63) is 29.1 Å². The number of nitrogens with one attached hydrogen (secondary N) is 2. The average Bonchev–Trinajstić information content (AvgIpc) is 3.05. The molecule has 2 aromatic rings. The molecule has 1 amide bonds. The molecule has 9 heteroatoms. The molecule has 116 valence electrons. The van der Waals surface area contributed by atoms with Gasteiger partial charge in [0.05, 0.1) is 5.69 Å². The van der Waals surface area contributed by atoms with Crippen molar-refractivity contribution in [2.24, 2.45) is 5.16 Å². The number of nitrogens with zero attached hydrogens (tertiary/aromatic N) is 4. The first-order valence-electron chi connectivity index (χ1n) is 6.60. The Balaban J connectivity index is 2.27. The number of H-pyrrole nitrogens is 1. The molecule has 2 rings (SSSR count). The molecule has 0 aliphatic rings. The maximum atomic E-state index is 11.9. The summed E-state index contributed by atoms with van der Waals surface area (Å²) in [6, 6.07) is 3.55. The Hall–Kier alpha value is -2.97. The van der Waals surface area contributed by atoms with Gasteiger partial charge in [-0.05, 0) is 23.3 Å². The molecular formula is C13H16N6O3. The first-order valence-corrected chi connectivity index (χ1v) is 6.60. The van der Waals surface area contributed by atoms with E-state index in [4.69, 9.17) is 0 Å². The van der Waals surface area contributed by atoms with Crippen LogP contribution < -0.4 is 5.32 Å². The highest BCUT2D eigenvalue weighted by Crippen LogP contribution is 2.30. The summed E-state index contributed by atoms with van der Waals surface area (Å²) in [5.41, 5.74) is 1.88. The van der Waals surface area contributed by atoms with Crippen molar-refractivity contribution in [3.63, 3.8) is 0 Å². The van der Waals surface area contributed by atoms with Gasteiger partial charge in [0.2, 0.25) is 0 Å². The van der Waals surface area contributed by atoms with Crippen LogP contribution in [-0.2, 0) is 17.7 Å². The lowest BCUT2D eigenvalue weighted by atomic mass is 10.0. The third-order valence-corrected chi connectivity index (χ3v) is 2.94. The summed E-state index contributed by atoms with van der Waals surface area (Å²) in [5, 5.41) is 29.2. The van der Waals surface area contributed by atoms with Crippen LogP contribution in [0, 0.1) is 0 Å². The maximum Gasteiger partial charge on any atom is 0.297 e. The molecule has 0 atom stereocenters. The van der Waals surface area contributed by atoms with Gasteiger partial charge in [-0.2, -0.15) is 5.21 Å². The molecule has 1 aromatic carbocycles. The second kappa shape index (κ2) is 7.16. The van der Waals surface area contributed by atoms with Crippen LogP contribution in [0.2, 0.25) is 0 Å². The van der Waals surface area contributed by atoms with Gasteiger partial charge >= 0.3 is 0 Å². The fraction of sp³-hybridized carbons (Fsp3) is 0.308. The highest BCUT2D eigenvalue weighted by atomic mass is 16.6. The molecule has 0 aliphatic heterocycles. The fourth-order valence-corrected chi connectivity index (χ4v) is 1.86. The van der Waals surface area contributed by atoms with Crippen LogP contribution in [0.5, 0.6) is 5.75 Å². The van der Waals surface area contributed by atoms with Crippen molar-refractivity contribution < 1.29 is 14.7 Å². The monoisotopic (exact) mass is 304 g/mol. The highest BCUT2D eigenvalue weighted by molar-refractivity contribution is 6.02. The van der Waals surface area contributed by atoms with E-state index in [0.717, 1.165) is 12.0 Å². The summed E-state index contributed by atoms with van der Waals surface area (Å²) in [5.74, 6) is -0.700. The number of phenolic OH excluding ortho intramolecular Hbond substituents is 1. The second-order valence-corrected chi connectivity index (χ2v) is 4.37. The Morgan fingerprint density at radius 2 is 2.36 bits per heavy atom. The molecule has 0 aliphatic carbocycles. The first kappa shape index (κ1) is 15.4. The van der Waals surface area contributed by atoms with E-state index < -0.39 is 5.91 Å². The van der Waals surface area contributed by atoms with E-state index in [-0.39, 0.29) is 17.3 Å². The Kier molecular flexibility index (Phi) is 5.02. The summed E-state index contributed by atoms with van der Waals surface area (Å²) in [6.45, 7) is 1.98. The number of carbonyl (C=O) groups is 1. The summed E-state index contributed by atoms with van der Waals surface area (Å²) < 4.78 is 0. The average molecular weight is 304 g/mol. The number of aromatic nitrogens is 4. The molecule has 0 radical (unpaired) electrons. The SMILES string of the molecule is CCc1cc(CC=NOC)c(O)c(NC(=O)c2nn[nH]n2)c1. The van der Waals surface area contributed by atoms with Gasteiger partial charge < -0.3 is 15.3 Å². The molecule has 0 fully saturated rings. The molecule has 0 bridgehead atoms. The molecule has 0 saturated carbocycles. The van der Waals surface area contributed by atoms with Crippen molar-refractivity contribution in [3.8, 4) is 5.75 Å². The zero-order valence-electron chi connectivity index (χ0n) is 12.2. The third-order valence-electron chi connectivity index (χ3n) is 2.94. The molecule has 1 heterocycles. The van der Waals surface area contributed by atoms with Crippen LogP contribution in [-0.4, -0.2) is 45.0 Å². The predicted molar refractivity (Wildman–Crippen MR) is 78.8 cm³/mol. The minimum atomic E-state index is -0.561. The number of aryl methyl sites for hydroxylation is 1. The van der Waals surface area contributed by atoms with Crippen LogP contribution >= 0.6 is 0 Å². The van der Waals surface area contributed by atoms with Crippen LogP contribution in [0.25, 0.3) is 0 Å². The van der Waals surface area contributed by atoms with Crippen LogP contribution in [0.1, 0.15) is 28.7 Å². The predicted octanol–water partition coefficient (Wildman–Crippen LogP) is 0.895. The number of oxime groups is 1. The van der Waals surface area contributed by atoms with Gasteiger partial charge in [0.1, 0.15) is 12.9 Å². The van der Waals surface area contributed by atoms with Gasteiger partial charge in [-0.3, -0.25) is 4.79 Å². The number of amides is 1. The van der Waals surface area contributed by atoms with E-state index >= 15 is 0 Å². The van der Waals surface area contributed by atoms with Crippen molar-refractivity contribution in [1.29, 1.82) is 0 Å². The summed E-state index contributed by atoms with van der Waals surface area (Å²) in [4.78, 5) is 16.5. The Bertz CT molecular complexity index is 669. The van der Waals surface area contributed by atoms with Gasteiger partial charge in [0.25, 0.3) is 11.7 Å². The van der Waals surface area contributed by atoms with E-state index in [0.29, 0.717) is 12.0 Å². The van der Waals surface area contributed by atoms with Crippen LogP contribution in [0.4, 0.5) is 5.69 Å². The van der Waals surface area contributed by atoms with E-state index in [2.05, 4.69) is 35.9 Å². The second-order valence-electron chi connectivity index (χ2n) is 4.37. The molecule has 0 spiro atoms. The topological polar surface area (TPSA) is 125 Å². The summed E-state index contributed by atoms with van der Waals surface area (Å²) in [6.07, 6.45) is 2.65. The van der Waals surface area contributed by atoms with Gasteiger partial charge in [-0.1, -0.05) is 18.1 Å². The fourth-order valence-electron chi connectivity index (χ4n) is 1.86. The number of aromatic hydroxyl groups is 1. The molecule has 22 heavy (non-hydrogen) atoms. The Morgan fingerprint density at radius 1 is 1.55 bits per heavy atom. The van der Waals surface area contributed by atoms with Gasteiger partial charge in [0, 0.05) is 18.2 Å². The van der Waals surface area contributed by atoms with E-state index in [1.807, 2.05) is 13.0 Å². The number of hydrogen-bond acceptors (Lipinski definition) is 7. The quantitative estimate of drug-likeness (QED) is 0.413. The zero-order chi connectivity index (χ0) is 15.9. The van der Waals surface area contributed by atoms with E-state index in [9.17, 15) is 9.90 Å². The summed E-state index contributed by atoms with van der Waals surface area (Å²) in [7, 11) is 1.44. The Labute approximate surface area is 126 Å². The van der Waals surface area contributed by atoms with E-state index in [1.165, 1.54) is 13.3 Å². The number of phenols is 1. The van der Waals surface area contributed by atoms with Gasteiger partial charge in [-0.25, -0.2) is 0 Å². The van der Waals surface area contributed by atoms with Crippen LogP contribution in [0.3, 0.4) is 0 Å².